The third-order valence-electron chi connectivity index (χ3n) is 5.04. The molecule has 1 N–H and O–H groups in total. The molecule has 0 aromatic heterocycles. The van der Waals surface area contributed by atoms with Crippen molar-refractivity contribution in [2.45, 2.75) is 92.9 Å². The lowest BCUT2D eigenvalue weighted by atomic mass is 9.91. The van der Waals surface area contributed by atoms with E-state index in [4.69, 9.17) is 0 Å². The molecule has 32 heavy (non-hydrogen) atoms. The topological polar surface area (TPSA) is 12.0 Å². The van der Waals surface area contributed by atoms with Crippen LogP contribution in [0.3, 0.4) is 0 Å². The van der Waals surface area contributed by atoms with Crippen molar-refractivity contribution in [2.24, 2.45) is 5.92 Å². The predicted molar refractivity (Wildman–Crippen MR) is 152 cm³/mol. The Morgan fingerprint density at radius 3 is 1.84 bits per heavy atom. The molecule has 0 heterocycles. The normalized spacial score (nSPS) is 13.2. The van der Waals surface area contributed by atoms with Gasteiger partial charge in [0.1, 0.15) is 0 Å². The summed E-state index contributed by atoms with van der Waals surface area (Å²) in [7, 11) is 1.93. The van der Waals surface area contributed by atoms with Crippen LogP contribution < -0.4 is 5.32 Å². The van der Waals surface area contributed by atoms with Crippen LogP contribution in [0.1, 0.15) is 91.2 Å². The monoisotopic (exact) mass is 441 g/mol. The third-order valence-corrected chi connectivity index (χ3v) is 5.04. The molecule has 1 aliphatic rings. The first-order valence-corrected chi connectivity index (χ1v) is 12.8. The molecular weight excluding hydrogens is 386 g/mol. The number of nitrogens with one attached hydrogen (secondary N) is 1. The van der Waals surface area contributed by atoms with Gasteiger partial charge in [-0.15, -0.1) is 13.2 Å². The van der Waals surface area contributed by atoms with Gasteiger partial charge in [0.25, 0.3) is 0 Å². The van der Waals surface area contributed by atoms with Gasteiger partial charge in [-0.1, -0.05) is 128 Å². The molecule has 2 rings (SSSR count). The van der Waals surface area contributed by atoms with Crippen molar-refractivity contribution in [1.82, 2.24) is 5.32 Å². The van der Waals surface area contributed by atoms with E-state index in [9.17, 15) is 0 Å². The first-order chi connectivity index (χ1) is 15.6. The van der Waals surface area contributed by atoms with Crippen molar-refractivity contribution in [3.63, 3.8) is 0 Å². The molecule has 1 nitrogen and oxygen atoms in total. The maximum absolute atomic E-state index is 3.77. The Morgan fingerprint density at radius 2 is 1.50 bits per heavy atom. The quantitative estimate of drug-likeness (QED) is 0.328. The average molecular weight is 442 g/mol. The average Bonchev–Trinajstić information content (AvgIpc) is 2.86. The number of rotatable bonds is 7. The van der Waals surface area contributed by atoms with Gasteiger partial charge in [0.15, 0.2) is 0 Å². The van der Waals surface area contributed by atoms with Gasteiger partial charge in [-0.3, -0.25) is 0 Å². The number of allylic oxidation sites excluding steroid dienone is 5. The summed E-state index contributed by atoms with van der Waals surface area (Å²) in [5.41, 5.74) is 3.97. The summed E-state index contributed by atoms with van der Waals surface area (Å²) in [5, 5.41) is 2.93. The second kappa shape index (κ2) is 29.1. The summed E-state index contributed by atoms with van der Waals surface area (Å²) >= 11 is 0. The third kappa shape index (κ3) is 22.8. The fourth-order valence-electron chi connectivity index (χ4n) is 3.05. The zero-order valence-corrected chi connectivity index (χ0v) is 22.7. The fraction of sp³-hybridized carbons (Fsp3) is 0.548. The Balaban J connectivity index is -0.000000460. The van der Waals surface area contributed by atoms with Crippen LogP contribution in [0.4, 0.5) is 0 Å². The van der Waals surface area contributed by atoms with Crippen molar-refractivity contribution in [3.05, 3.63) is 85.0 Å². The molecular formula is C31H55N. The highest BCUT2D eigenvalue weighted by atomic mass is 14.8. The summed E-state index contributed by atoms with van der Waals surface area (Å²) in [6, 6.07) is 8.91. The Hall–Kier alpha value is -1.86. The van der Waals surface area contributed by atoms with Crippen LogP contribution in [0.2, 0.25) is 0 Å². The molecule has 1 saturated carbocycles. The number of aryl methyl sites for hydroxylation is 1. The van der Waals surface area contributed by atoms with Crippen LogP contribution in [0.15, 0.2) is 73.9 Å². The molecule has 0 amide bonds. The first kappa shape index (κ1) is 34.7. The van der Waals surface area contributed by atoms with Gasteiger partial charge in [-0.2, -0.15) is 0 Å². The zero-order chi connectivity index (χ0) is 25.0. The van der Waals surface area contributed by atoms with Crippen molar-refractivity contribution in [1.29, 1.82) is 0 Å². The lowest BCUT2D eigenvalue weighted by molar-refractivity contribution is 0.385. The largest absolute Gasteiger partial charge is 0.320 e. The van der Waals surface area contributed by atoms with E-state index in [1.165, 1.54) is 61.6 Å². The van der Waals surface area contributed by atoms with E-state index >= 15 is 0 Å². The smallest absolute Gasteiger partial charge is 0.00804 e. The van der Waals surface area contributed by atoms with Crippen molar-refractivity contribution < 1.29 is 0 Å². The Labute approximate surface area is 202 Å². The van der Waals surface area contributed by atoms with Gasteiger partial charge in [0, 0.05) is 0 Å². The maximum Gasteiger partial charge on any atom is -0.00804 e. The number of benzene rings is 1. The van der Waals surface area contributed by atoms with Gasteiger partial charge in [-0.05, 0) is 56.0 Å². The van der Waals surface area contributed by atoms with Crippen molar-refractivity contribution in [3.8, 4) is 0 Å². The SMILES string of the molecule is C=C.C=CC(/C=C\Cc1ccc(CCC)cc1)=C/C.CC.CC1CCCCC1.CCNC. The van der Waals surface area contributed by atoms with Crippen LogP contribution in [-0.4, -0.2) is 13.6 Å². The van der Waals surface area contributed by atoms with E-state index in [1.54, 1.807) is 0 Å². The molecule has 184 valence electrons. The number of hydrogen-bond donors (Lipinski definition) is 1. The highest BCUT2D eigenvalue weighted by molar-refractivity contribution is 5.30. The Morgan fingerprint density at radius 1 is 1.00 bits per heavy atom. The molecule has 0 bridgehead atoms. The summed E-state index contributed by atoms with van der Waals surface area (Å²) in [6.45, 7) is 23.5. The van der Waals surface area contributed by atoms with E-state index in [1.807, 2.05) is 33.9 Å². The van der Waals surface area contributed by atoms with Crippen LogP contribution in [-0.2, 0) is 12.8 Å². The van der Waals surface area contributed by atoms with Crippen molar-refractivity contribution >= 4 is 0 Å². The summed E-state index contributed by atoms with van der Waals surface area (Å²) in [6.07, 6.45) is 19.1. The minimum absolute atomic E-state index is 0.984. The van der Waals surface area contributed by atoms with E-state index in [0.717, 1.165) is 18.9 Å². The summed E-state index contributed by atoms with van der Waals surface area (Å²) in [4.78, 5) is 0. The van der Waals surface area contributed by atoms with E-state index in [-0.39, 0.29) is 0 Å². The highest BCUT2D eigenvalue weighted by Gasteiger charge is 2.05. The van der Waals surface area contributed by atoms with E-state index in [2.05, 4.69) is 88.3 Å². The minimum Gasteiger partial charge on any atom is -0.320 e. The van der Waals surface area contributed by atoms with Gasteiger partial charge in [0.05, 0.1) is 0 Å². The molecule has 0 aliphatic heterocycles. The second-order valence-electron chi connectivity index (χ2n) is 7.62. The fourth-order valence-corrected chi connectivity index (χ4v) is 3.05. The summed E-state index contributed by atoms with van der Waals surface area (Å²) in [5.74, 6) is 1.04. The predicted octanol–water partition coefficient (Wildman–Crippen LogP) is 9.51. The summed E-state index contributed by atoms with van der Waals surface area (Å²) < 4.78 is 0. The van der Waals surface area contributed by atoms with Gasteiger partial charge in [-0.25, -0.2) is 0 Å². The van der Waals surface area contributed by atoms with Crippen LogP contribution in [0, 0.1) is 5.92 Å². The van der Waals surface area contributed by atoms with Crippen LogP contribution >= 0.6 is 0 Å². The molecule has 0 spiro atoms. The molecule has 1 aromatic rings. The molecule has 0 unspecified atom stereocenters. The lowest BCUT2D eigenvalue weighted by Gasteiger charge is -2.15. The molecule has 1 aliphatic carbocycles. The molecule has 1 fully saturated rings. The molecule has 1 heteroatoms. The molecule has 1 aromatic carbocycles. The molecule has 0 saturated heterocycles. The molecule has 0 atom stereocenters. The maximum atomic E-state index is 3.77. The van der Waals surface area contributed by atoms with Crippen molar-refractivity contribution in [2.75, 3.05) is 13.6 Å². The zero-order valence-electron chi connectivity index (χ0n) is 22.7. The highest BCUT2D eigenvalue weighted by Crippen LogP contribution is 2.22. The Bertz CT molecular complexity index is 542. The lowest BCUT2D eigenvalue weighted by Crippen LogP contribution is -2.01. The van der Waals surface area contributed by atoms with Gasteiger partial charge >= 0.3 is 0 Å². The minimum atomic E-state index is 0.984. The van der Waals surface area contributed by atoms with Crippen LogP contribution in [0.5, 0.6) is 0 Å². The van der Waals surface area contributed by atoms with E-state index < -0.39 is 0 Å². The van der Waals surface area contributed by atoms with Gasteiger partial charge in [0.2, 0.25) is 0 Å². The van der Waals surface area contributed by atoms with Gasteiger partial charge < -0.3 is 5.32 Å². The Kier molecular flexibility index (Phi) is 31.6. The standard InChI is InChI=1S/C17H22.C7H14.C3H9N.C2H6.C2H4/c1-4-8-16-11-13-17(14-12-16)10-7-9-15(5-2)6-3;1-7-5-3-2-4-6-7;1-3-4-2;2*1-2/h5-7,9,11-14H,2,4,8,10H2,1,3H3;7H,2-6H2,1H3;4H,3H2,1-2H3;1-2H3;1-2H2/b9-7-,15-6-;;;;. The first-order valence-electron chi connectivity index (χ1n) is 12.8. The van der Waals surface area contributed by atoms with Crippen LogP contribution in [0.25, 0.3) is 0 Å². The van der Waals surface area contributed by atoms with E-state index in [0.29, 0.717) is 0 Å². The second-order valence-corrected chi connectivity index (χ2v) is 7.62. The number of hydrogen-bond acceptors (Lipinski definition) is 1. The molecule has 0 radical (unpaired) electrons.